The van der Waals surface area contributed by atoms with Crippen molar-refractivity contribution < 1.29 is 4.74 Å². The summed E-state index contributed by atoms with van der Waals surface area (Å²) in [6.07, 6.45) is 7.75. The second-order valence-corrected chi connectivity index (χ2v) is 5.41. The third-order valence-corrected chi connectivity index (χ3v) is 3.62. The fraction of sp³-hybridized carbons (Fsp3) is 1.00. The van der Waals surface area contributed by atoms with Gasteiger partial charge in [-0.05, 0) is 38.8 Å². The highest BCUT2D eigenvalue weighted by atomic mass is 16.5. The molecule has 3 heteroatoms. The van der Waals surface area contributed by atoms with E-state index in [1.54, 1.807) is 0 Å². The molecule has 0 bridgehead atoms. The van der Waals surface area contributed by atoms with Crippen LogP contribution in [0, 0.1) is 0 Å². The number of nitrogens with zero attached hydrogens (tertiary/aromatic N) is 1. The fourth-order valence-corrected chi connectivity index (χ4v) is 2.54. The minimum Gasteiger partial charge on any atom is -0.380 e. The van der Waals surface area contributed by atoms with Crippen molar-refractivity contribution >= 4 is 0 Å². The Bertz CT molecular complexity index is 181. The first-order valence-electron chi connectivity index (χ1n) is 7.90. The summed E-state index contributed by atoms with van der Waals surface area (Å²) in [5.74, 6) is 0. The van der Waals surface area contributed by atoms with Gasteiger partial charge in [0.05, 0.1) is 6.61 Å². The van der Waals surface area contributed by atoms with Crippen LogP contribution in [0.4, 0.5) is 0 Å². The first-order chi connectivity index (χ1) is 8.86. The highest BCUT2D eigenvalue weighted by Gasteiger charge is 2.15. The van der Waals surface area contributed by atoms with E-state index >= 15 is 0 Å². The molecular formula is C15H32N2O. The lowest BCUT2D eigenvalue weighted by Gasteiger charge is -2.30. The van der Waals surface area contributed by atoms with Crippen molar-refractivity contribution in [2.45, 2.75) is 58.4 Å². The molecule has 0 saturated carbocycles. The number of unbranched alkanes of at least 4 members (excludes halogenated alkanes) is 1. The minimum absolute atomic E-state index is 0.709. The summed E-state index contributed by atoms with van der Waals surface area (Å²) in [4.78, 5) is 2.56. The van der Waals surface area contributed by atoms with Gasteiger partial charge in [0.2, 0.25) is 0 Å². The van der Waals surface area contributed by atoms with Gasteiger partial charge in [0.1, 0.15) is 0 Å². The summed E-state index contributed by atoms with van der Waals surface area (Å²) in [7, 11) is 0. The third kappa shape index (κ3) is 7.34. The molecule has 0 aromatic carbocycles. The molecule has 1 N–H and O–H groups in total. The third-order valence-electron chi connectivity index (χ3n) is 3.62. The molecule has 18 heavy (non-hydrogen) atoms. The maximum Gasteiger partial charge on any atom is 0.0593 e. The van der Waals surface area contributed by atoms with Gasteiger partial charge in [0.25, 0.3) is 0 Å². The summed E-state index contributed by atoms with van der Waals surface area (Å²) in [6, 6.07) is 0.709. The molecule has 1 unspecified atom stereocenters. The van der Waals surface area contributed by atoms with E-state index in [2.05, 4.69) is 24.1 Å². The highest BCUT2D eigenvalue weighted by molar-refractivity contribution is 4.76. The Morgan fingerprint density at radius 2 is 2.00 bits per heavy atom. The quantitative estimate of drug-likeness (QED) is 0.608. The van der Waals surface area contributed by atoms with Crippen LogP contribution in [0.3, 0.4) is 0 Å². The van der Waals surface area contributed by atoms with Gasteiger partial charge in [-0.15, -0.1) is 0 Å². The molecule has 3 nitrogen and oxygen atoms in total. The SMILES string of the molecule is CCCCOCCN(CCC)CC1CCCCN1. The van der Waals surface area contributed by atoms with E-state index in [9.17, 15) is 0 Å². The van der Waals surface area contributed by atoms with E-state index in [1.165, 1.54) is 58.2 Å². The summed E-state index contributed by atoms with van der Waals surface area (Å²) < 4.78 is 5.68. The summed E-state index contributed by atoms with van der Waals surface area (Å²) in [5.41, 5.74) is 0. The fourth-order valence-electron chi connectivity index (χ4n) is 2.54. The van der Waals surface area contributed by atoms with Crippen LogP contribution >= 0.6 is 0 Å². The predicted octanol–water partition coefficient (Wildman–Crippen LogP) is 2.66. The van der Waals surface area contributed by atoms with Crippen molar-refractivity contribution in [3.05, 3.63) is 0 Å². The van der Waals surface area contributed by atoms with E-state index in [-0.39, 0.29) is 0 Å². The molecule has 0 radical (unpaired) electrons. The molecule has 0 aromatic rings. The topological polar surface area (TPSA) is 24.5 Å². The van der Waals surface area contributed by atoms with Gasteiger partial charge in [-0.3, -0.25) is 4.90 Å². The maximum atomic E-state index is 5.68. The monoisotopic (exact) mass is 256 g/mol. The van der Waals surface area contributed by atoms with Gasteiger partial charge in [-0.1, -0.05) is 26.7 Å². The van der Waals surface area contributed by atoms with Crippen LogP contribution < -0.4 is 5.32 Å². The lowest BCUT2D eigenvalue weighted by molar-refractivity contribution is 0.0961. The van der Waals surface area contributed by atoms with Crippen molar-refractivity contribution in [2.75, 3.05) is 39.4 Å². The van der Waals surface area contributed by atoms with E-state index < -0.39 is 0 Å². The normalized spacial score (nSPS) is 20.5. The molecule has 1 aliphatic heterocycles. The van der Waals surface area contributed by atoms with Crippen LogP contribution in [0.2, 0.25) is 0 Å². The highest BCUT2D eigenvalue weighted by Crippen LogP contribution is 2.08. The number of hydrogen-bond acceptors (Lipinski definition) is 3. The Morgan fingerprint density at radius 1 is 1.11 bits per heavy atom. The molecule has 108 valence electrons. The van der Waals surface area contributed by atoms with Crippen LogP contribution in [-0.4, -0.2) is 50.3 Å². The molecule has 1 atom stereocenters. The van der Waals surface area contributed by atoms with Crippen LogP contribution in [0.1, 0.15) is 52.4 Å². The van der Waals surface area contributed by atoms with E-state index in [4.69, 9.17) is 4.74 Å². The first kappa shape index (κ1) is 15.9. The van der Waals surface area contributed by atoms with Crippen molar-refractivity contribution in [1.82, 2.24) is 10.2 Å². The summed E-state index contributed by atoms with van der Waals surface area (Å²) in [5, 5.41) is 3.64. The Morgan fingerprint density at radius 3 is 2.67 bits per heavy atom. The van der Waals surface area contributed by atoms with Crippen LogP contribution in [0.25, 0.3) is 0 Å². The molecule has 1 rings (SSSR count). The standard InChI is InChI=1S/C15H32N2O/c1-3-5-12-18-13-11-17(10-4-2)14-15-8-6-7-9-16-15/h15-16H,3-14H2,1-2H3. The maximum absolute atomic E-state index is 5.68. The van der Waals surface area contributed by atoms with Gasteiger partial charge in [0.15, 0.2) is 0 Å². The molecule has 1 aliphatic rings. The van der Waals surface area contributed by atoms with Crippen molar-refractivity contribution in [3.63, 3.8) is 0 Å². The largest absolute Gasteiger partial charge is 0.380 e. The first-order valence-corrected chi connectivity index (χ1v) is 7.90. The molecular weight excluding hydrogens is 224 g/mol. The Labute approximate surface area is 113 Å². The number of piperidine rings is 1. The lowest BCUT2D eigenvalue weighted by Crippen LogP contribution is -2.44. The zero-order valence-electron chi connectivity index (χ0n) is 12.4. The molecule has 0 spiro atoms. The molecule has 0 aromatic heterocycles. The van der Waals surface area contributed by atoms with Gasteiger partial charge in [0, 0.05) is 25.7 Å². The van der Waals surface area contributed by atoms with E-state index in [0.29, 0.717) is 6.04 Å². The number of ether oxygens (including phenoxy) is 1. The average molecular weight is 256 g/mol. The van der Waals surface area contributed by atoms with Gasteiger partial charge in [-0.25, -0.2) is 0 Å². The molecule has 0 aliphatic carbocycles. The van der Waals surface area contributed by atoms with Crippen LogP contribution in [0.15, 0.2) is 0 Å². The van der Waals surface area contributed by atoms with E-state index in [1.807, 2.05) is 0 Å². The zero-order chi connectivity index (χ0) is 13.1. The summed E-state index contributed by atoms with van der Waals surface area (Å²) >= 11 is 0. The second-order valence-electron chi connectivity index (χ2n) is 5.41. The van der Waals surface area contributed by atoms with Gasteiger partial charge in [-0.2, -0.15) is 0 Å². The summed E-state index contributed by atoms with van der Waals surface area (Å²) in [6.45, 7) is 11.0. The second kappa shape index (κ2) is 10.8. The number of hydrogen-bond donors (Lipinski definition) is 1. The Balaban J connectivity index is 2.12. The Kier molecular flexibility index (Phi) is 9.54. The van der Waals surface area contributed by atoms with Crippen molar-refractivity contribution in [1.29, 1.82) is 0 Å². The van der Waals surface area contributed by atoms with Gasteiger partial charge >= 0.3 is 0 Å². The number of rotatable bonds is 10. The van der Waals surface area contributed by atoms with Crippen molar-refractivity contribution in [2.24, 2.45) is 0 Å². The molecule has 1 fully saturated rings. The smallest absolute Gasteiger partial charge is 0.0593 e. The molecule has 1 saturated heterocycles. The minimum atomic E-state index is 0.709. The Hall–Kier alpha value is -0.120. The average Bonchev–Trinajstić information content (AvgIpc) is 2.40. The number of nitrogens with one attached hydrogen (secondary N) is 1. The predicted molar refractivity (Wildman–Crippen MR) is 78.1 cm³/mol. The molecule has 1 heterocycles. The lowest BCUT2D eigenvalue weighted by atomic mass is 10.0. The van der Waals surface area contributed by atoms with E-state index in [0.717, 1.165) is 19.8 Å². The van der Waals surface area contributed by atoms with Crippen molar-refractivity contribution in [3.8, 4) is 0 Å². The van der Waals surface area contributed by atoms with Gasteiger partial charge < -0.3 is 10.1 Å². The zero-order valence-corrected chi connectivity index (χ0v) is 12.4. The molecule has 0 amide bonds. The van der Waals surface area contributed by atoms with Crippen LogP contribution in [0.5, 0.6) is 0 Å². The van der Waals surface area contributed by atoms with Crippen LogP contribution in [-0.2, 0) is 4.74 Å².